The molecule has 1 heterocycles. The predicted octanol–water partition coefficient (Wildman–Crippen LogP) is 2.10. The van der Waals surface area contributed by atoms with Crippen LogP contribution in [0.1, 0.15) is 19.4 Å². The van der Waals surface area contributed by atoms with Gasteiger partial charge in [-0.3, -0.25) is 9.78 Å². The van der Waals surface area contributed by atoms with Gasteiger partial charge in [0.25, 0.3) is 0 Å². The molecule has 0 aliphatic carbocycles. The zero-order chi connectivity index (χ0) is 10.1. The second kappa shape index (κ2) is 3.34. The van der Waals surface area contributed by atoms with Crippen LogP contribution in [0.4, 0.5) is 0 Å². The molecule has 1 rings (SSSR count). The first kappa shape index (κ1) is 9.99. The largest absolute Gasteiger partial charge is 0.481 e. The van der Waals surface area contributed by atoms with Gasteiger partial charge in [0.05, 0.1) is 5.41 Å². The Kier molecular flexibility index (Phi) is 2.57. The highest BCUT2D eigenvalue weighted by molar-refractivity contribution is 6.31. The molecule has 1 aromatic heterocycles. The van der Waals surface area contributed by atoms with Gasteiger partial charge in [0.15, 0.2) is 0 Å². The molecule has 1 aromatic rings. The molecule has 1 N–H and O–H groups in total. The number of rotatable bonds is 2. The Morgan fingerprint density at radius 2 is 2.23 bits per heavy atom. The summed E-state index contributed by atoms with van der Waals surface area (Å²) in [5.41, 5.74) is -0.463. The minimum absolute atomic E-state index is 0.433. The maximum absolute atomic E-state index is 10.9. The van der Waals surface area contributed by atoms with Crippen molar-refractivity contribution in [3.05, 3.63) is 29.0 Å². The first-order valence-corrected chi connectivity index (χ1v) is 4.17. The monoisotopic (exact) mass is 199 g/mol. The maximum Gasteiger partial charge on any atom is 0.313 e. The van der Waals surface area contributed by atoms with Crippen molar-refractivity contribution in [3.8, 4) is 0 Å². The van der Waals surface area contributed by atoms with Crippen molar-refractivity contribution in [2.75, 3.05) is 0 Å². The summed E-state index contributed by atoms with van der Waals surface area (Å²) in [5, 5.41) is 9.37. The Balaban J connectivity index is 3.22. The molecule has 70 valence electrons. The van der Waals surface area contributed by atoms with Crippen LogP contribution in [0.25, 0.3) is 0 Å². The van der Waals surface area contributed by atoms with Crippen LogP contribution < -0.4 is 0 Å². The fourth-order valence-corrected chi connectivity index (χ4v) is 1.29. The molecule has 0 bridgehead atoms. The lowest BCUT2D eigenvalue weighted by molar-refractivity contribution is -0.142. The van der Waals surface area contributed by atoms with E-state index in [0.29, 0.717) is 10.6 Å². The van der Waals surface area contributed by atoms with E-state index in [0.717, 1.165) is 0 Å². The molecular weight excluding hydrogens is 190 g/mol. The molecule has 0 radical (unpaired) electrons. The van der Waals surface area contributed by atoms with E-state index >= 15 is 0 Å². The smallest absolute Gasteiger partial charge is 0.313 e. The maximum atomic E-state index is 10.9. The fraction of sp³-hybridized carbons (Fsp3) is 0.333. The van der Waals surface area contributed by atoms with E-state index in [1.807, 2.05) is 0 Å². The number of nitrogens with zero attached hydrogens (tertiary/aromatic N) is 1. The van der Waals surface area contributed by atoms with Gasteiger partial charge in [0.2, 0.25) is 0 Å². The minimum Gasteiger partial charge on any atom is -0.481 e. The van der Waals surface area contributed by atoms with Gasteiger partial charge in [-0.2, -0.15) is 0 Å². The van der Waals surface area contributed by atoms with Crippen LogP contribution in [0, 0.1) is 0 Å². The van der Waals surface area contributed by atoms with E-state index in [2.05, 4.69) is 4.98 Å². The lowest BCUT2D eigenvalue weighted by Crippen LogP contribution is -2.28. The molecule has 0 saturated heterocycles. The Labute approximate surface area is 81.4 Å². The van der Waals surface area contributed by atoms with Crippen molar-refractivity contribution in [3.63, 3.8) is 0 Å². The molecule has 0 atom stereocenters. The molecule has 0 fully saturated rings. The van der Waals surface area contributed by atoms with Gasteiger partial charge in [-0.25, -0.2) is 0 Å². The summed E-state index contributed by atoms with van der Waals surface area (Å²) in [6.45, 7) is 3.19. The average Bonchev–Trinajstić information content (AvgIpc) is 2.04. The fourth-order valence-electron chi connectivity index (χ4n) is 0.953. The van der Waals surface area contributed by atoms with Crippen molar-refractivity contribution in [1.29, 1.82) is 0 Å². The van der Waals surface area contributed by atoms with Gasteiger partial charge >= 0.3 is 5.97 Å². The zero-order valence-electron chi connectivity index (χ0n) is 7.41. The van der Waals surface area contributed by atoms with Gasteiger partial charge in [-0.15, -0.1) is 0 Å². The minimum atomic E-state index is -0.995. The summed E-state index contributed by atoms with van der Waals surface area (Å²) < 4.78 is 0. The number of halogens is 1. The molecule has 0 aliphatic heterocycles. The Hall–Kier alpha value is -1.09. The summed E-state index contributed by atoms with van der Waals surface area (Å²) in [6, 6.07) is 1.58. The zero-order valence-corrected chi connectivity index (χ0v) is 8.17. The van der Waals surface area contributed by atoms with Crippen LogP contribution in [0.3, 0.4) is 0 Å². The van der Waals surface area contributed by atoms with Crippen molar-refractivity contribution in [1.82, 2.24) is 4.98 Å². The van der Waals surface area contributed by atoms with E-state index in [4.69, 9.17) is 16.7 Å². The topological polar surface area (TPSA) is 50.2 Å². The molecule has 0 aromatic carbocycles. The van der Waals surface area contributed by atoms with E-state index in [9.17, 15) is 4.79 Å². The molecular formula is C9H10ClNO2. The van der Waals surface area contributed by atoms with Crippen molar-refractivity contribution in [2.24, 2.45) is 0 Å². The Morgan fingerprint density at radius 1 is 1.62 bits per heavy atom. The van der Waals surface area contributed by atoms with Crippen LogP contribution in [0.5, 0.6) is 0 Å². The molecule has 3 nitrogen and oxygen atoms in total. The summed E-state index contributed by atoms with van der Waals surface area (Å²) in [4.78, 5) is 14.7. The van der Waals surface area contributed by atoms with Crippen LogP contribution >= 0.6 is 11.6 Å². The van der Waals surface area contributed by atoms with Crippen LogP contribution in [-0.2, 0) is 10.2 Å². The standard InChI is InChI=1S/C9H10ClNO2/c1-9(2,8(12)13)6-5-11-4-3-7(6)10/h3-5H,1-2H3,(H,12,13). The molecule has 0 amide bonds. The van der Waals surface area contributed by atoms with Crippen molar-refractivity contribution >= 4 is 17.6 Å². The van der Waals surface area contributed by atoms with E-state index < -0.39 is 11.4 Å². The third-order valence-electron chi connectivity index (χ3n) is 1.98. The number of carboxylic acid groups (broad SMARTS) is 1. The molecule has 4 heteroatoms. The van der Waals surface area contributed by atoms with E-state index in [1.54, 1.807) is 19.9 Å². The second-order valence-electron chi connectivity index (χ2n) is 3.29. The normalized spacial score (nSPS) is 11.3. The number of aliphatic carboxylic acids is 1. The number of pyridine rings is 1. The van der Waals surface area contributed by atoms with Gasteiger partial charge in [-0.1, -0.05) is 11.6 Å². The number of aromatic nitrogens is 1. The molecule has 0 aliphatic rings. The number of carbonyl (C=O) groups is 1. The van der Waals surface area contributed by atoms with Crippen LogP contribution in [0.15, 0.2) is 18.5 Å². The van der Waals surface area contributed by atoms with Gasteiger partial charge in [0, 0.05) is 23.0 Å². The third kappa shape index (κ3) is 1.80. The number of hydrogen-bond acceptors (Lipinski definition) is 2. The summed E-state index contributed by atoms with van der Waals surface area (Å²) in [6.07, 6.45) is 3.01. The molecule has 13 heavy (non-hydrogen) atoms. The lowest BCUT2D eigenvalue weighted by atomic mass is 9.86. The SMILES string of the molecule is CC(C)(C(=O)O)c1cnccc1Cl. The van der Waals surface area contributed by atoms with E-state index in [-0.39, 0.29) is 0 Å². The van der Waals surface area contributed by atoms with Crippen molar-refractivity contribution in [2.45, 2.75) is 19.3 Å². The van der Waals surface area contributed by atoms with Gasteiger partial charge in [0.1, 0.15) is 0 Å². The lowest BCUT2D eigenvalue weighted by Gasteiger charge is -2.19. The second-order valence-corrected chi connectivity index (χ2v) is 3.69. The number of carboxylic acids is 1. The summed E-state index contributed by atoms with van der Waals surface area (Å²) >= 11 is 5.85. The van der Waals surface area contributed by atoms with Gasteiger partial charge < -0.3 is 5.11 Å². The average molecular weight is 200 g/mol. The highest BCUT2D eigenvalue weighted by Gasteiger charge is 2.31. The Bertz CT molecular complexity index is 336. The highest BCUT2D eigenvalue weighted by Crippen LogP contribution is 2.28. The summed E-state index contributed by atoms with van der Waals surface area (Å²) in [7, 11) is 0. The van der Waals surface area contributed by atoms with E-state index in [1.165, 1.54) is 12.4 Å². The quantitative estimate of drug-likeness (QED) is 0.794. The summed E-state index contributed by atoms with van der Waals surface area (Å²) in [5.74, 6) is -0.914. The van der Waals surface area contributed by atoms with Crippen LogP contribution in [-0.4, -0.2) is 16.1 Å². The first-order chi connectivity index (χ1) is 5.96. The third-order valence-corrected chi connectivity index (χ3v) is 2.31. The number of hydrogen-bond donors (Lipinski definition) is 1. The predicted molar refractivity (Wildman–Crippen MR) is 49.9 cm³/mol. The Morgan fingerprint density at radius 3 is 2.69 bits per heavy atom. The van der Waals surface area contributed by atoms with Crippen molar-refractivity contribution < 1.29 is 9.90 Å². The van der Waals surface area contributed by atoms with Gasteiger partial charge in [-0.05, 0) is 19.9 Å². The highest BCUT2D eigenvalue weighted by atomic mass is 35.5. The first-order valence-electron chi connectivity index (χ1n) is 3.79. The molecule has 0 saturated carbocycles. The molecule has 0 unspecified atom stereocenters. The van der Waals surface area contributed by atoms with Crippen LogP contribution in [0.2, 0.25) is 5.02 Å². The molecule has 0 spiro atoms.